The van der Waals surface area contributed by atoms with Crippen molar-refractivity contribution in [1.29, 1.82) is 0 Å². The number of aromatic nitrogens is 3. The molecule has 7 nitrogen and oxygen atoms in total. The summed E-state index contributed by atoms with van der Waals surface area (Å²) in [5, 5.41) is 10.4. The summed E-state index contributed by atoms with van der Waals surface area (Å²) < 4.78 is 25.0. The van der Waals surface area contributed by atoms with E-state index in [1.165, 1.54) is 12.1 Å². The van der Waals surface area contributed by atoms with E-state index in [-0.39, 0.29) is 10.8 Å². The summed E-state index contributed by atoms with van der Waals surface area (Å²) >= 11 is 0. The van der Waals surface area contributed by atoms with Crippen LogP contribution >= 0.6 is 0 Å². The van der Waals surface area contributed by atoms with Gasteiger partial charge in [-0.15, -0.1) is 5.10 Å². The van der Waals surface area contributed by atoms with Crippen LogP contribution in [0.25, 0.3) is 5.69 Å². The van der Waals surface area contributed by atoms with Gasteiger partial charge in [0.05, 0.1) is 23.0 Å². The molecule has 0 atom stereocenters. The summed E-state index contributed by atoms with van der Waals surface area (Å²) in [6, 6.07) is 11.6. The Balaban J connectivity index is 1.83. The molecule has 0 aliphatic rings. The zero-order valence-corrected chi connectivity index (χ0v) is 14.5. The third kappa shape index (κ3) is 3.74. The molecule has 25 heavy (non-hydrogen) atoms. The summed E-state index contributed by atoms with van der Waals surface area (Å²) in [4.78, 5) is 12.6. The number of rotatable bonds is 4. The van der Waals surface area contributed by atoms with Gasteiger partial charge < -0.3 is 5.32 Å². The first-order valence-corrected chi connectivity index (χ1v) is 9.32. The minimum absolute atomic E-state index is 0.116. The first-order valence-electron chi connectivity index (χ1n) is 7.43. The van der Waals surface area contributed by atoms with E-state index in [9.17, 15) is 13.2 Å². The number of nitrogens with zero attached hydrogens (tertiary/aromatic N) is 3. The number of hydrogen-bond donors (Lipinski definition) is 1. The second-order valence-corrected chi connectivity index (χ2v) is 7.61. The van der Waals surface area contributed by atoms with Crippen molar-refractivity contribution in [2.75, 3.05) is 11.6 Å². The maximum atomic E-state index is 12.5. The van der Waals surface area contributed by atoms with E-state index in [1.54, 1.807) is 54.3 Å². The molecule has 0 unspecified atom stereocenters. The molecule has 0 spiro atoms. The number of amides is 1. The molecular formula is C17H16N4O3S. The van der Waals surface area contributed by atoms with Gasteiger partial charge in [-0.3, -0.25) is 4.79 Å². The van der Waals surface area contributed by atoms with Gasteiger partial charge in [0.15, 0.2) is 9.84 Å². The zero-order chi connectivity index (χ0) is 18.0. The molecular weight excluding hydrogens is 340 g/mol. The van der Waals surface area contributed by atoms with Gasteiger partial charge in [0.1, 0.15) is 0 Å². The Morgan fingerprint density at radius 1 is 1.12 bits per heavy atom. The first-order chi connectivity index (χ1) is 11.8. The van der Waals surface area contributed by atoms with E-state index in [2.05, 4.69) is 15.6 Å². The predicted octanol–water partition coefficient (Wildman–Crippen LogP) is 2.23. The number of aryl methyl sites for hydroxylation is 1. The number of carbonyl (C=O) groups is 1. The van der Waals surface area contributed by atoms with E-state index in [0.29, 0.717) is 16.8 Å². The quantitative estimate of drug-likeness (QED) is 0.774. The molecule has 0 fully saturated rings. The van der Waals surface area contributed by atoms with Crippen LogP contribution in [-0.4, -0.2) is 35.6 Å². The van der Waals surface area contributed by atoms with Gasteiger partial charge in [-0.1, -0.05) is 11.3 Å². The van der Waals surface area contributed by atoms with Crippen LogP contribution in [0, 0.1) is 6.92 Å². The maximum absolute atomic E-state index is 12.5. The van der Waals surface area contributed by atoms with Crippen LogP contribution in [0.4, 0.5) is 5.69 Å². The number of nitrogens with one attached hydrogen (secondary N) is 1. The summed E-state index contributed by atoms with van der Waals surface area (Å²) in [6.45, 7) is 1.76. The topological polar surface area (TPSA) is 94.0 Å². The summed E-state index contributed by atoms with van der Waals surface area (Å²) in [7, 11) is -3.37. The van der Waals surface area contributed by atoms with Crippen molar-refractivity contribution in [2.45, 2.75) is 11.8 Å². The van der Waals surface area contributed by atoms with Crippen LogP contribution in [0.5, 0.6) is 0 Å². The number of anilines is 1. The highest BCUT2D eigenvalue weighted by molar-refractivity contribution is 7.90. The number of hydrogen-bond acceptors (Lipinski definition) is 5. The lowest BCUT2D eigenvalue weighted by Crippen LogP contribution is -2.14. The second kappa shape index (κ2) is 6.48. The third-order valence-corrected chi connectivity index (χ3v) is 4.80. The normalized spacial score (nSPS) is 11.3. The fourth-order valence-electron chi connectivity index (χ4n) is 2.32. The minimum atomic E-state index is -3.37. The Labute approximate surface area is 145 Å². The first kappa shape index (κ1) is 16.8. The SMILES string of the molecule is Cc1ccc(S(C)(=O)=O)cc1C(=O)Nc1ccc(-n2ccnn2)cc1. The molecule has 0 saturated heterocycles. The summed E-state index contributed by atoms with van der Waals surface area (Å²) in [5.74, 6) is -0.364. The largest absolute Gasteiger partial charge is 0.322 e. The van der Waals surface area contributed by atoms with E-state index >= 15 is 0 Å². The smallest absolute Gasteiger partial charge is 0.255 e. The van der Waals surface area contributed by atoms with Gasteiger partial charge in [0.25, 0.3) is 5.91 Å². The van der Waals surface area contributed by atoms with Crippen molar-refractivity contribution < 1.29 is 13.2 Å². The van der Waals surface area contributed by atoms with Gasteiger partial charge >= 0.3 is 0 Å². The molecule has 0 saturated carbocycles. The number of sulfone groups is 1. The highest BCUT2D eigenvalue weighted by Crippen LogP contribution is 2.18. The van der Waals surface area contributed by atoms with Gasteiger partial charge in [-0.25, -0.2) is 13.1 Å². The molecule has 1 N–H and O–H groups in total. The van der Waals surface area contributed by atoms with E-state index in [1.807, 2.05) is 0 Å². The van der Waals surface area contributed by atoms with Crippen LogP contribution in [0.1, 0.15) is 15.9 Å². The molecule has 1 amide bonds. The van der Waals surface area contributed by atoms with E-state index in [0.717, 1.165) is 11.9 Å². The molecule has 1 heterocycles. The lowest BCUT2D eigenvalue weighted by Gasteiger charge is -2.10. The van der Waals surface area contributed by atoms with E-state index in [4.69, 9.17) is 0 Å². The fraction of sp³-hybridized carbons (Fsp3) is 0.118. The molecule has 0 radical (unpaired) electrons. The van der Waals surface area contributed by atoms with Crippen molar-refractivity contribution >= 4 is 21.4 Å². The van der Waals surface area contributed by atoms with Crippen LogP contribution < -0.4 is 5.32 Å². The molecule has 3 aromatic rings. The predicted molar refractivity (Wildman–Crippen MR) is 93.6 cm³/mol. The molecule has 1 aromatic heterocycles. The molecule has 0 aliphatic heterocycles. The monoisotopic (exact) mass is 356 g/mol. The van der Waals surface area contributed by atoms with Crippen molar-refractivity contribution in [3.05, 3.63) is 66.0 Å². The summed E-state index contributed by atoms with van der Waals surface area (Å²) in [6.07, 6.45) is 4.41. The molecule has 128 valence electrons. The van der Waals surface area contributed by atoms with E-state index < -0.39 is 9.84 Å². The number of carbonyl (C=O) groups excluding carboxylic acids is 1. The third-order valence-electron chi connectivity index (χ3n) is 3.69. The van der Waals surface area contributed by atoms with Gasteiger partial charge in [0, 0.05) is 17.5 Å². The van der Waals surface area contributed by atoms with Crippen molar-refractivity contribution in [3.63, 3.8) is 0 Å². The maximum Gasteiger partial charge on any atom is 0.255 e. The fourth-order valence-corrected chi connectivity index (χ4v) is 2.97. The minimum Gasteiger partial charge on any atom is -0.322 e. The molecule has 2 aromatic carbocycles. The van der Waals surface area contributed by atoms with Crippen LogP contribution in [0.2, 0.25) is 0 Å². The van der Waals surface area contributed by atoms with Crippen molar-refractivity contribution in [2.24, 2.45) is 0 Å². The highest BCUT2D eigenvalue weighted by atomic mass is 32.2. The van der Waals surface area contributed by atoms with Crippen LogP contribution in [0.15, 0.2) is 59.8 Å². The van der Waals surface area contributed by atoms with Gasteiger partial charge in [-0.2, -0.15) is 0 Å². The molecule has 3 rings (SSSR count). The average Bonchev–Trinajstić information content (AvgIpc) is 3.09. The Bertz CT molecular complexity index is 1010. The molecule has 0 bridgehead atoms. The Hall–Kier alpha value is -3.00. The van der Waals surface area contributed by atoms with Gasteiger partial charge in [-0.05, 0) is 48.9 Å². The molecule has 0 aliphatic carbocycles. The lowest BCUT2D eigenvalue weighted by molar-refractivity contribution is 0.102. The van der Waals surface area contributed by atoms with Crippen molar-refractivity contribution in [1.82, 2.24) is 15.0 Å². The zero-order valence-electron chi connectivity index (χ0n) is 13.7. The molecule has 8 heteroatoms. The van der Waals surface area contributed by atoms with Crippen molar-refractivity contribution in [3.8, 4) is 5.69 Å². The van der Waals surface area contributed by atoms with Crippen LogP contribution in [0.3, 0.4) is 0 Å². The Kier molecular flexibility index (Phi) is 4.37. The lowest BCUT2D eigenvalue weighted by atomic mass is 10.1. The van der Waals surface area contributed by atoms with Crippen LogP contribution in [-0.2, 0) is 9.84 Å². The number of benzene rings is 2. The Morgan fingerprint density at radius 2 is 1.84 bits per heavy atom. The summed E-state index contributed by atoms with van der Waals surface area (Å²) in [5.41, 5.74) is 2.43. The average molecular weight is 356 g/mol. The standard InChI is InChI=1S/C17H16N4O3S/c1-12-3-8-15(25(2,23)24)11-16(12)17(22)19-13-4-6-14(7-5-13)21-10-9-18-20-21/h3-11H,1-2H3,(H,19,22). The van der Waals surface area contributed by atoms with Gasteiger partial charge in [0.2, 0.25) is 0 Å². The highest BCUT2D eigenvalue weighted by Gasteiger charge is 2.14. The second-order valence-electron chi connectivity index (χ2n) is 5.60. The Morgan fingerprint density at radius 3 is 2.44 bits per heavy atom.